The molecule has 2 aliphatic rings. The van der Waals surface area contributed by atoms with Gasteiger partial charge in [0.05, 0.1) is 12.8 Å². The van der Waals surface area contributed by atoms with Crippen LogP contribution in [0.15, 0.2) is 0 Å². The van der Waals surface area contributed by atoms with Gasteiger partial charge >= 0.3 is 6.09 Å². The van der Waals surface area contributed by atoms with Gasteiger partial charge in [-0.05, 0) is 38.5 Å². The van der Waals surface area contributed by atoms with E-state index in [9.17, 15) is 9.59 Å². The Labute approximate surface area is 158 Å². The molecule has 0 saturated carbocycles. The number of hydrogen-bond donors (Lipinski definition) is 1. The average Bonchev–Trinajstić information content (AvgIpc) is 3.22. The number of carbonyl (C=O) groups excluding carboxylic acids is 2. The average molecular weight is 381 g/mol. The number of ether oxygens (including phenoxy) is 1. The number of hydrogen-bond acceptors (Lipinski definition) is 6. The zero-order chi connectivity index (χ0) is 18.7. The van der Waals surface area contributed by atoms with Crippen molar-refractivity contribution in [1.29, 1.82) is 0 Å². The van der Waals surface area contributed by atoms with Gasteiger partial charge in [0, 0.05) is 43.4 Å². The number of likely N-dealkylation sites (tertiary alicyclic amines) is 1. The molecule has 3 rings (SSSR count). The minimum atomic E-state index is -0.237. The highest BCUT2D eigenvalue weighted by Gasteiger charge is 2.31. The van der Waals surface area contributed by atoms with Gasteiger partial charge in [-0.2, -0.15) is 0 Å². The Morgan fingerprint density at radius 3 is 2.96 bits per heavy atom. The number of fused-ring (bicyclic) bond motifs is 1. The first-order valence-electron chi connectivity index (χ1n) is 9.35. The van der Waals surface area contributed by atoms with Gasteiger partial charge in [-0.3, -0.25) is 4.79 Å². The van der Waals surface area contributed by atoms with Gasteiger partial charge in [0.2, 0.25) is 5.91 Å². The molecule has 0 bridgehead atoms. The van der Waals surface area contributed by atoms with Crippen molar-refractivity contribution in [3.8, 4) is 0 Å². The largest absolute Gasteiger partial charge is 0.453 e. The minimum Gasteiger partial charge on any atom is -0.453 e. The van der Waals surface area contributed by atoms with Crippen LogP contribution in [0.2, 0.25) is 0 Å². The van der Waals surface area contributed by atoms with E-state index < -0.39 is 0 Å². The van der Waals surface area contributed by atoms with Crippen LogP contribution in [0.3, 0.4) is 0 Å². The summed E-state index contributed by atoms with van der Waals surface area (Å²) < 4.78 is 4.87. The summed E-state index contributed by atoms with van der Waals surface area (Å²) in [7, 11) is 1.43. The molecule has 2 N–H and O–H groups in total. The number of nitrogens with zero attached hydrogens (tertiary/aromatic N) is 3. The molecule has 0 aromatic carbocycles. The molecule has 2 amide bonds. The number of aryl methyl sites for hydroxylation is 1. The predicted octanol–water partition coefficient (Wildman–Crippen LogP) is 2.44. The smallest absolute Gasteiger partial charge is 0.409 e. The predicted molar refractivity (Wildman–Crippen MR) is 101 cm³/mol. The van der Waals surface area contributed by atoms with Gasteiger partial charge in [0.1, 0.15) is 0 Å². The Kier molecular flexibility index (Phi) is 6.01. The Balaban J connectivity index is 1.55. The standard InChI is InChI=1S/C18H28N4O3S/c1-12(23)21(14-7-8-15-16(11-14)26-17(19)20-15)9-3-5-13-6-4-10-22(13)18(24)25-2/h13-14H,3-11H2,1-2H3,(H2,19,20). The molecule has 1 aromatic rings. The number of amides is 2. The Hall–Kier alpha value is -1.83. The van der Waals surface area contributed by atoms with Crippen LogP contribution < -0.4 is 5.73 Å². The maximum absolute atomic E-state index is 12.2. The van der Waals surface area contributed by atoms with Crippen LogP contribution in [-0.2, 0) is 22.4 Å². The third-order valence-electron chi connectivity index (χ3n) is 5.50. The Morgan fingerprint density at radius 2 is 2.23 bits per heavy atom. The molecule has 1 aromatic heterocycles. The fraction of sp³-hybridized carbons (Fsp3) is 0.722. The topological polar surface area (TPSA) is 88.8 Å². The molecule has 0 radical (unpaired) electrons. The fourth-order valence-electron chi connectivity index (χ4n) is 4.23. The molecule has 1 aliphatic carbocycles. The van der Waals surface area contributed by atoms with Crippen molar-refractivity contribution < 1.29 is 14.3 Å². The second-order valence-corrected chi connectivity index (χ2v) is 8.25. The van der Waals surface area contributed by atoms with Crippen molar-refractivity contribution >= 4 is 28.5 Å². The molecule has 144 valence electrons. The third kappa shape index (κ3) is 4.11. The van der Waals surface area contributed by atoms with E-state index in [0.717, 1.165) is 63.7 Å². The molecular formula is C18H28N4O3S. The minimum absolute atomic E-state index is 0.118. The van der Waals surface area contributed by atoms with Crippen LogP contribution in [0.1, 0.15) is 49.6 Å². The lowest BCUT2D eigenvalue weighted by Gasteiger charge is -2.34. The number of carbonyl (C=O) groups is 2. The number of aromatic nitrogens is 1. The van der Waals surface area contributed by atoms with Crippen molar-refractivity contribution in [2.45, 2.75) is 64.0 Å². The number of rotatable bonds is 5. The number of methoxy groups -OCH3 is 1. The molecule has 2 heterocycles. The van der Waals surface area contributed by atoms with E-state index in [0.29, 0.717) is 5.13 Å². The SMILES string of the molecule is COC(=O)N1CCCC1CCCN(C(C)=O)C1CCc2nc(N)sc2C1. The van der Waals surface area contributed by atoms with Crippen LogP contribution >= 0.6 is 11.3 Å². The van der Waals surface area contributed by atoms with E-state index in [-0.39, 0.29) is 24.1 Å². The van der Waals surface area contributed by atoms with E-state index >= 15 is 0 Å². The summed E-state index contributed by atoms with van der Waals surface area (Å²) in [6, 6.07) is 0.454. The van der Waals surface area contributed by atoms with E-state index in [1.165, 1.54) is 12.0 Å². The first-order valence-corrected chi connectivity index (χ1v) is 10.2. The second-order valence-electron chi connectivity index (χ2n) is 7.13. The first kappa shape index (κ1) is 18.9. The van der Waals surface area contributed by atoms with Crippen molar-refractivity contribution in [3.63, 3.8) is 0 Å². The summed E-state index contributed by atoms with van der Waals surface area (Å²) >= 11 is 1.54. The Morgan fingerprint density at radius 1 is 1.42 bits per heavy atom. The van der Waals surface area contributed by atoms with Crippen molar-refractivity contribution in [2.24, 2.45) is 0 Å². The van der Waals surface area contributed by atoms with Crippen LogP contribution in [0.25, 0.3) is 0 Å². The molecule has 8 heteroatoms. The lowest BCUT2D eigenvalue weighted by Crippen LogP contribution is -2.43. The molecule has 2 unspecified atom stereocenters. The monoisotopic (exact) mass is 380 g/mol. The summed E-state index contributed by atoms with van der Waals surface area (Å²) in [4.78, 5) is 33.5. The van der Waals surface area contributed by atoms with Crippen molar-refractivity contribution in [1.82, 2.24) is 14.8 Å². The summed E-state index contributed by atoms with van der Waals surface area (Å²) in [5, 5.41) is 0.620. The maximum atomic E-state index is 12.2. The van der Waals surface area contributed by atoms with Crippen molar-refractivity contribution in [2.75, 3.05) is 25.9 Å². The van der Waals surface area contributed by atoms with Crippen LogP contribution in [0, 0.1) is 0 Å². The number of thiazole rings is 1. The first-order chi connectivity index (χ1) is 12.5. The summed E-state index contributed by atoms with van der Waals surface area (Å²) in [6.45, 7) is 3.15. The highest BCUT2D eigenvalue weighted by Crippen LogP contribution is 2.30. The second kappa shape index (κ2) is 8.24. The molecule has 2 atom stereocenters. The van der Waals surface area contributed by atoms with Gasteiger partial charge < -0.3 is 20.3 Å². The molecule has 1 saturated heterocycles. The zero-order valence-electron chi connectivity index (χ0n) is 15.6. The normalized spacial score (nSPS) is 22.2. The summed E-state index contributed by atoms with van der Waals surface area (Å²) in [5.41, 5.74) is 6.93. The van der Waals surface area contributed by atoms with E-state index in [1.54, 1.807) is 18.3 Å². The third-order valence-corrected chi connectivity index (χ3v) is 6.45. The van der Waals surface area contributed by atoms with Gasteiger partial charge in [0.25, 0.3) is 0 Å². The van der Waals surface area contributed by atoms with Gasteiger partial charge in [-0.15, -0.1) is 11.3 Å². The lowest BCUT2D eigenvalue weighted by molar-refractivity contribution is -0.131. The Bertz CT molecular complexity index is 663. The fourth-order valence-corrected chi connectivity index (χ4v) is 5.18. The zero-order valence-corrected chi connectivity index (χ0v) is 16.4. The summed E-state index contributed by atoms with van der Waals surface area (Å²) in [6.07, 6.45) is 6.27. The highest BCUT2D eigenvalue weighted by molar-refractivity contribution is 7.15. The van der Waals surface area contributed by atoms with Gasteiger partial charge in [-0.25, -0.2) is 9.78 Å². The molecule has 26 heavy (non-hydrogen) atoms. The van der Waals surface area contributed by atoms with Crippen LogP contribution in [0.4, 0.5) is 9.93 Å². The molecule has 1 aliphatic heterocycles. The van der Waals surface area contributed by atoms with Crippen LogP contribution in [0.5, 0.6) is 0 Å². The quantitative estimate of drug-likeness (QED) is 0.847. The summed E-state index contributed by atoms with van der Waals surface area (Å²) in [5.74, 6) is 0.118. The van der Waals surface area contributed by atoms with E-state index in [1.807, 2.05) is 9.80 Å². The van der Waals surface area contributed by atoms with Gasteiger partial charge in [-0.1, -0.05) is 0 Å². The van der Waals surface area contributed by atoms with E-state index in [4.69, 9.17) is 10.5 Å². The van der Waals surface area contributed by atoms with Crippen molar-refractivity contribution in [3.05, 3.63) is 10.6 Å². The molecule has 0 spiro atoms. The molecular weight excluding hydrogens is 352 g/mol. The highest BCUT2D eigenvalue weighted by atomic mass is 32.1. The number of anilines is 1. The molecule has 7 nitrogen and oxygen atoms in total. The number of nitrogens with two attached hydrogens (primary N) is 1. The van der Waals surface area contributed by atoms with Crippen LogP contribution in [-0.4, -0.2) is 59.1 Å². The van der Waals surface area contributed by atoms with E-state index in [2.05, 4.69) is 4.98 Å². The number of nitrogen functional groups attached to an aromatic ring is 1. The maximum Gasteiger partial charge on any atom is 0.409 e. The van der Waals surface area contributed by atoms with Gasteiger partial charge in [0.15, 0.2) is 5.13 Å². The molecule has 1 fully saturated rings. The lowest BCUT2D eigenvalue weighted by atomic mass is 9.95.